The lowest BCUT2D eigenvalue weighted by atomic mass is 9.98. The first-order valence-corrected chi connectivity index (χ1v) is 8.13. The fourth-order valence-electron chi connectivity index (χ4n) is 2.37. The van der Waals surface area contributed by atoms with Gasteiger partial charge in [-0.25, -0.2) is 0 Å². The van der Waals surface area contributed by atoms with Gasteiger partial charge < -0.3 is 0 Å². The van der Waals surface area contributed by atoms with Crippen LogP contribution in [0.25, 0.3) is 21.9 Å². The monoisotopic (exact) mass is 328 g/mol. The lowest BCUT2D eigenvalue weighted by molar-refractivity contribution is 1.53. The lowest BCUT2D eigenvalue weighted by Crippen LogP contribution is -1.84. The fraction of sp³-hybridized carbons (Fsp3) is 0.0588. The summed E-state index contributed by atoms with van der Waals surface area (Å²) in [5.41, 5.74) is 2.55. The van der Waals surface area contributed by atoms with Gasteiger partial charge in [-0.3, -0.25) is 0 Å². The summed E-state index contributed by atoms with van der Waals surface area (Å²) >= 11 is 5.35. The van der Waals surface area contributed by atoms with Crippen molar-refractivity contribution in [2.45, 2.75) is 4.90 Å². The molecule has 19 heavy (non-hydrogen) atoms. The Balaban J connectivity index is 2.35. The van der Waals surface area contributed by atoms with Gasteiger partial charge in [-0.1, -0.05) is 58.4 Å². The van der Waals surface area contributed by atoms with Gasteiger partial charge in [0.1, 0.15) is 0 Å². The van der Waals surface area contributed by atoms with Crippen molar-refractivity contribution in [2.24, 2.45) is 0 Å². The average Bonchev–Trinajstić information content (AvgIpc) is 2.46. The van der Waals surface area contributed by atoms with E-state index in [1.807, 2.05) is 0 Å². The largest absolute Gasteiger partial charge is 0.129 e. The van der Waals surface area contributed by atoms with Crippen LogP contribution in [0.5, 0.6) is 0 Å². The summed E-state index contributed by atoms with van der Waals surface area (Å²) < 4.78 is 1.11. The summed E-state index contributed by atoms with van der Waals surface area (Å²) in [5.74, 6) is 0. The summed E-state index contributed by atoms with van der Waals surface area (Å²) in [6.07, 6.45) is 2.13. The summed E-state index contributed by atoms with van der Waals surface area (Å²) in [4.78, 5) is 1.33. The van der Waals surface area contributed by atoms with Crippen molar-refractivity contribution in [3.8, 4) is 11.1 Å². The molecule has 0 amide bonds. The van der Waals surface area contributed by atoms with Gasteiger partial charge >= 0.3 is 0 Å². The average molecular weight is 329 g/mol. The van der Waals surface area contributed by atoms with Crippen LogP contribution >= 0.6 is 27.7 Å². The first kappa shape index (κ1) is 12.8. The highest BCUT2D eigenvalue weighted by molar-refractivity contribution is 9.10. The quantitative estimate of drug-likeness (QED) is 0.520. The van der Waals surface area contributed by atoms with Crippen molar-refractivity contribution in [3.63, 3.8) is 0 Å². The lowest BCUT2D eigenvalue weighted by Gasteiger charge is -2.10. The number of hydrogen-bond donors (Lipinski definition) is 0. The number of rotatable bonds is 2. The Labute approximate surface area is 126 Å². The molecule has 0 nitrogen and oxygen atoms in total. The first-order chi connectivity index (χ1) is 9.29. The maximum absolute atomic E-state index is 3.55. The molecule has 0 aliphatic rings. The minimum Gasteiger partial charge on any atom is -0.129 e. The standard InChI is InChI=1S/C17H13BrS/c1-19-16-10-4-6-12-5-3-9-15(17(12)16)13-7-2-8-14(18)11-13/h2-11H,1H3. The Hall–Kier alpha value is -1.25. The first-order valence-electron chi connectivity index (χ1n) is 6.11. The van der Waals surface area contributed by atoms with Crippen molar-refractivity contribution in [3.05, 3.63) is 65.1 Å². The molecule has 0 heterocycles. The van der Waals surface area contributed by atoms with Crippen molar-refractivity contribution < 1.29 is 0 Å². The smallest absolute Gasteiger partial charge is 0.0181 e. The molecule has 3 rings (SSSR count). The highest BCUT2D eigenvalue weighted by Gasteiger charge is 2.07. The Morgan fingerprint density at radius 1 is 0.895 bits per heavy atom. The Morgan fingerprint density at radius 3 is 2.37 bits per heavy atom. The fourth-order valence-corrected chi connectivity index (χ4v) is 3.42. The predicted molar refractivity (Wildman–Crippen MR) is 88.9 cm³/mol. The topological polar surface area (TPSA) is 0 Å². The van der Waals surface area contributed by atoms with E-state index >= 15 is 0 Å². The minimum atomic E-state index is 1.11. The van der Waals surface area contributed by atoms with Gasteiger partial charge in [-0.15, -0.1) is 11.8 Å². The maximum atomic E-state index is 3.55. The van der Waals surface area contributed by atoms with Crippen molar-refractivity contribution >= 4 is 38.5 Å². The molecule has 0 aliphatic heterocycles. The van der Waals surface area contributed by atoms with Crippen LogP contribution in [0.4, 0.5) is 0 Å². The number of halogens is 1. The second-order valence-electron chi connectivity index (χ2n) is 4.37. The van der Waals surface area contributed by atoms with E-state index in [2.05, 4.69) is 82.8 Å². The third-order valence-electron chi connectivity index (χ3n) is 3.22. The van der Waals surface area contributed by atoms with Gasteiger partial charge in [0, 0.05) is 14.8 Å². The van der Waals surface area contributed by atoms with Crippen molar-refractivity contribution in [1.29, 1.82) is 0 Å². The summed E-state index contributed by atoms with van der Waals surface area (Å²) in [6, 6.07) is 21.5. The van der Waals surface area contributed by atoms with E-state index < -0.39 is 0 Å². The molecular weight excluding hydrogens is 316 g/mol. The third-order valence-corrected chi connectivity index (χ3v) is 4.50. The third kappa shape index (κ3) is 2.43. The second-order valence-corrected chi connectivity index (χ2v) is 6.14. The van der Waals surface area contributed by atoms with E-state index in [9.17, 15) is 0 Å². The van der Waals surface area contributed by atoms with Gasteiger partial charge in [0.15, 0.2) is 0 Å². The molecular formula is C17H13BrS. The number of thioether (sulfide) groups is 1. The summed E-state index contributed by atoms with van der Waals surface area (Å²) in [6.45, 7) is 0. The molecule has 0 fully saturated rings. The van der Waals surface area contributed by atoms with Gasteiger partial charge in [0.05, 0.1) is 0 Å². The van der Waals surface area contributed by atoms with E-state index in [0.717, 1.165) is 4.47 Å². The molecule has 0 atom stereocenters. The van der Waals surface area contributed by atoms with Crippen LogP contribution in [0, 0.1) is 0 Å². The molecule has 0 spiro atoms. The zero-order valence-corrected chi connectivity index (χ0v) is 13.0. The molecule has 0 unspecified atom stereocenters. The van der Waals surface area contributed by atoms with Gasteiger partial charge in [0.25, 0.3) is 0 Å². The molecule has 3 aromatic rings. The van der Waals surface area contributed by atoms with Crippen molar-refractivity contribution in [2.75, 3.05) is 6.26 Å². The second kappa shape index (κ2) is 5.40. The van der Waals surface area contributed by atoms with Gasteiger partial charge in [-0.05, 0) is 41.0 Å². The van der Waals surface area contributed by atoms with E-state index in [1.165, 1.54) is 26.8 Å². The number of fused-ring (bicyclic) bond motifs is 1. The van der Waals surface area contributed by atoms with E-state index in [1.54, 1.807) is 11.8 Å². The molecule has 0 aromatic heterocycles. The van der Waals surface area contributed by atoms with Crippen LogP contribution in [-0.4, -0.2) is 6.26 Å². The van der Waals surface area contributed by atoms with Crippen LogP contribution in [0.3, 0.4) is 0 Å². The summed E-state index contributed by atoms with van der Waals surface area (Å²) in [5, 5.41) is 2.64. The van der Waals surface area contributed by atoms with E-state index in [-0.39, 0.29) is 0 Å². The van der Waals surface area contributed by atoms with Crippen molar-refractivity contribution in [1.82, 2.24) is 0 Å². The van der Waals surface area contributed by atoms with Gasteiger partial charge in [0.2, 0.25) is 0 Å². The maximum Gasteiger partial charge on any atom is 0.0181 e. The van der Waals surface area contributed by atoms with Crippen LogP contribution in [0.2, 0.25) is 0 Å². The highest BCUT2D eigenvalue weighted by atomic mass is 79.9. The van der Waals surface area contributed by atoms with Crippen LogP contribution < -0.4 is 0 Å². The van der Waals surface area contributed by atoms with Crippen LogP contribution in [-0.2, 0) is 0 Å². The van der Waals surface area contributed by atoms with Crippen LogP contribution in [0.15, 0.2) is 70.0 Å². The SMILES string of the molecule is CSc1cccc2cccc(-c3cccc(Br)c3)c12. The normalized spacial score (nSPS) is 10.8. The zero-order chi connectivity index (χ0) is 13.2. The predicted octanol–water partition coefficient (Wildman–Crippen LogP) is 5.99. The molecule has 0 N–H and O–H groups in total. The Kier molecular flexibility index (Phi) is 3.63. The molecule has 2 heteroatoms. The minimum absolute atomic E-state index is 1.11. The summed E-state index contributed by atoms with van der Waals surface area (Å²) in [7, 11) is 0. The molecule has 94 valence electrons. The molecule has 0 saturated heterocycles. The van der Waals surface area contributed by atoms with Crippen LogP contribution in [0.1, 0.15) is 0 Å². The van der Waals surface area contributed by atoms with E-state index in [4.69, 9.17) is 0 Å². The van der Waals surface area contributed by atoms with E-state index in [0.29, 0.717) is 0 Å². The number of hydrogen-bond acceptors (Lipinski definition) is 1. The molecule has 0 aliphatic carbocycles. The Bertz CT molecular complexity index is 729. The number of benzene rings is 3. The molecule has 0 bridgehead atoms. The van der Waals surface area contributed by atoms with Gasteiger partial charge in [-0.2, -0.15) is 0 Å². The molecule has 0 saturated carbocycles. The highest BCUT2D eigenvalue weighted by Crippen LogP contribution is 2.35. The zero-order valence-electron chi connectivity index (χ0n) is 10.6. The molecule has 3 aromatic carbocycles. The Morgan fingerprint density at radius 2 is 1.63 bits per heavy atom. The molecule has 0 radical (unpaired) electrons.